The van der Waals surface area contributed by atoms with Crippen LogP contribution in [0.5, 0.6) is 0 Å². The molecule has 2 heterocycles. The lowest BCUT2D eigenvalue weighted by Gasteiger charge is -2.37. The monoisotopic (exact) mass is 257 g/mol. The topological polar surface area (TPSA) is 62.0 Å². The molecule has 2 saturated heterocycles. The highest BCUT2D eigenvalue weighted by atomic mass is 16.5. The first-order valence-corrected chi connectivity index (χ1v) is 6.92. The van der Waals surface area contributed by atoms with Crippen molar-refractivity contribution in [3.05, 3.63) is 0 Å². The highest BCUT2D eigenvalue weighted by Gasteiger charge is 2.33. The number of nitrogens with two attached hydrogens (primary N) is 1. The van der Waals surface area contributed by atoms with Gasteiger partial charge in [0.15, 0.2) is 0 Å². The van der Waals surface area contributed by atoms with Gasteiger partial charge in [0.25, 0.3) is 0 Å². The van der Waals surface area contributed by atoms with Gasteiger partial charge in [-0.15, -0.1) is 0 Å². The molecule has 0 unspecified atom stereocenters. The minimum atomic E-state index is -0.357. The van der Waals surface area contributed by atoms with E-state index in [4.69, 9.17) is 10.5 Å². The summed E-state index contributed by atoms with van der Waals surface area (Å²) in [5.74, 6) is 0. The maximum Gasteiger partial charge on any atom is 0.0830 e. The lowest BCUT2D eigenvalue weighted by Crippen LogP contribution is -2.46. The molecule has 2 atom stereocenters. The number of hydrogen-bond acceptors (Lipinski definition) is 5. The molecule has 0 aliphatic carbocycles. The van der Waals surface area contributed by atoms with Crippen LogP contribution < -0.4 is 5.73 Å². The molecule has 2 rings (SSSR count). The Morgan fingerprint density at radius 2 is 1.78 bits per heavy atom. The minimum Gasteiger partial charge on any atom is -0.390 e. The zero-order chi connectivity index (χ0) is 13.2. The summed E-state index contributed by atoms with van der Waals surface area (Å²) in [7, 11) is 0. The van der Waals surface area contributed by atoms with Gasteiger partial charge < -0.3 is 15.6 Å². The van der Waals surface area contributed by atoms with Crippen LogP contribution in [-0.2, 0) is 4.74 Å². The van der Waals surface area contributed by atoms with Crippen LogP contribution in [0.15, 0.2) is 0 Å². The maximum absolute atomic E-state index is 9.69. The van der Waals surface area contributed by atoms with Gasteiger partial charge in [-0.25, -0.2) is 0 Å². The van der Waals surface area contributed by atoms with Crippen molar-refractivity contribution in [3.63, 3.8) is 0 Å². The van der Waals surface area contributed by atoms with Gasteiger partial charge in [-0.1, -0.05) is 13.8 Å². The smallest absolute Gasteiger partial charge is 0.0830 e. The van der Waals surface area contributed by atoms with Crippen LogP contribution >= 0.6 is 0 Å². The Hall–Kier alpha value is -0.200. The standard InChI is InChI=1S/C13H27N3O2/c1-13(2,9-15-3-5-18-6-4-15)10-16-7-11(14)12(17)8-16/h11-12,17H,3-10,14H2,1-2H3/t11-,12-/m1/s1. The van der Waals surface area contributed by atoms with Crippen LogP contribution in [0.25, 0.3) is 0 Å². The Morgan fingerprint density at radius 3 is 2.33 bits per heavy atom. The van der Waals surface area contributed by atoms with Crippen molar-refractivity contribution < 1.29 is 9.84 Å². The largest absolute Gasteiger partial charge is 0.390 e. The molecule has 0 amide bonds. The Kier molecular flexibility index (Phi) is 4.61. The molecule has 0 saturated carbocycles. The lowest BCUT2D eigenvalue weighted by molar-refractivity contribution is 0.0157. The second-order valence-corrected chi connectivity index (χ2v) is 6.48. The van der Waals surface area contributed by atoms with Gasteiger partial charge in [0.2, 0.25) is 0 Å². The first-order valence-electron chi connectivity index (χ1n) is 6.92. The molecule has 2 aliphatic rings. The van der Waals surface area contributed by atoms with Crippen LogP contribution in [-0.4, -0.2) is 79.5 Å². The van der Waals surface area contributed by atoms with Crippen LogP contribution in [0.1, 0.15) is 13.8 Å². The third kappa shape index (κ3) is 3.90. The van der Waals surface area contributed by atoms with Crippen molar-refractivity contribution >= 4 is 0 Å². The van der Waals surface area contributed by atoms with E-state index in [2.05, 4.69) is 23.6 Å². The Bertz CT molecular complexity index is 257. The molecule has 0 aromatic carbocycles. The summed E-state index contributed by atoms with van der Waals surface area (Å²) in [5, 5.41) is 9.69. The molecule has 0 radical (unpaired) electrons. The van der Waals surface area contributed by atoms with Crippen molar-refractivity contribution in [2.75, 3.05) is 52.5 Å². The highest BCUT2D eigenvalue weighted by molar-refractivity contribution is 4.89. The van der Waals surface area contributed by atoms with Crippen molar-refractivity contribution in [3.8, 4) is 0 Å². The molecule has 0 aromatic heterocycles. The van der Waals surface area contributed by atoms with Gasteiger partial charge in [-0.05, 0) is 5.41 Å². The predicted molar refractivity (Wildman–Crippen MR) is 71.5 cm³/mol. The quantitative estimate of drug-likeness (QED) is 0.701. The van der Waals surface area contributed by atoms with E-state index in [-0.39, 0.29) is 17.6 Å². The molecule has 5 heteroatoms. The van der Waals surface area contributed by atoms with E-state index in [1.165, 1.54) is 0 Å². The van der Waals surface area contributed by atoms with Gasteiger partial charge in [-0.2, -0.15) is 0 Å². The first-order chi connectivity index (χ1) is 8.46. The molecule has 2 aliphatic heterocycles. The molecule has 0 bridgehead atoms. The zero-order valence-electron chi connectivity index (χ0n) is 11.6. The van der Waals surface area contributed by atoms with Crippen LogP contribution in [0.4, 0.5) is 0 Å². The molecule has 18 heavy (non-hydrogen) atoms. The number of β-amino-alcohol motifs (C(OH)–C–C–N with tert-alkyl or cyclic N) is 1. The lowest BCUT2D eigenvalue weighted by atomic mass is 9.92. The van der Waals surface area contributed by atoms with Crippen molar-refractivity contribution in [2.24, 2.45) is 11.1 Å². The number of aliphatic hydroxyl groups excluding tert-OH is 1. The Balaban J connectivity index is 1.79. The van der Waals surface area contributed by atoms with E-state index in [9.17, 15) is 5.11 Å². The van der Waals surface area contributed by atoms with Crippen LogP contribution in [0.2, 0.25) is 0 Å². The summed E-state index contributed by atoms with van der Waals surface area (Å²) < 4.78 is 5.37. The van der Waals surface area contributed by atoms with Crippen molar-refractivity contribution in [2.45, 2.75) is 26.0 Å². The number of hydrogen-bond donors (Lipinski definition) is 2. The summed E-state index contributed by atoms with van der Waals surface area (Å²) in [6.45, 7) is 12.0. The summed E-state index contributed by atoms with van der Waals surface area (Å²) in [6, 6.07) is -0.0795. The number of morpholine rings is 1. The van der Waals surface area contributed by atoms with Crippen LogP contribution in [0, 0.1) is 5.41 Å². The predicted octanol–water partition coefficient (Wildman–Crippen LogP) is -0.651. The van der Waals surface area contributed by atoms with Gasteiger partial charge in [-0.3, -0.25) is 9.80 Å². The Morgan fingerprint density at radius 1 is 1.17 bits per heavy atom. The third-order valence-electron chi connectivity index (χ3n) is 3.82. The third-order valence-corrected chi connectivity index (χ3v) is 3.82. The fourth-order valence-corrected chi connectivity index (χ4v) is 3.04. The Labute approximate surface area is 110 Å². The van der Waals surface area contributed by atoms with Gasteiger partial charge in [0, 0.05) is 45.3 Å². The number of aliphatic hydroxyl groups is 1. The van der Waals surface area contributed by atoms with E-state index in [1.54, 1.807) is 0 Å². The second kappa shape index (κ2) is 5.84. The molecule has 0 spiro atoms. The van der Waals surface area contributed by atoms with Gasteiger partial charge >= 0.3 is 0 Å². The van der Waals surface area contributed by atoms with Gasteiger partial charge in [0.1, 0.15) is 0 Å². The SMILES string of the molecule is CC(C)(CN1CCOCC1)CN1C[C@@H](N)[C@H](O)C1. The number of likely N-dealkylation sites (tertiary alicyclic amines) is 1. The summed E-state index contributed by atoms with van der Waals surface area (Å²) in [6.07, 6.45) is -0.357. The molecule has 2 fully saturated rings. The summed E-state index contributed by atoms with van der Waals surface area (Å²) in [5.41, 5.74) is 6.08. The van der Waals surface area contributed by atoms with E-state index >= 15 is 0 Å². The summed E-state index contributed by atoms with van der Waals surface area (Å²) in [4.78, 5) is 4.76. The molecule has 5 nitrogen and oxygen atoms in total. The summed E-state index contributed by atoms with van der Waals surface area (Å²) >= 11 is 0. The molecule has 3 N–H and O–H groups in total. The molecule has 106 valence electrons. The van der Waals surface area contributed by atoms with E-state index < -0.39 is 0 Å². The molecular formula is C13H27N3O2. The van der Waals surface area contributed by atoms with E-state index in [0.717, 1.165) is 45.9 Å². The highest BCUT2D eigenvalue weighted by Crippen LogP contribution is 2.22. The fourth-order valence-electron chi connectivity index (χ4n) is 3.04. The van der Waals surface area contributed by atoms with Crippen molar-refractivity contribution in [1.29, 1.82) is 0 Å². The van der Waals surface area contributed by atoms with E-state index in [0.29, 0.717) is 6.54 Å². The second-order valence-electron chi connectivity index (χ2n) is 6.48. The average molecular weight is 257 g/mol. The fraction of sp³-hybridized carbons (Fsp3) is 1.00. The zero-order valence-corrected chi connectivity index (χ0v) is 11.6. The maximum atomic E-state index is 9.69. The first kappa shape index (κ1) is 14.2. The average Bonchev–Trinajstić information content (AvgIpc) is 2.57. The van der Waals surface area contributed by atoms with Crippen LogP contribution in [0.3, 0.4) is 0 Å². The van der Waals surface area contributed by atoms with Gasteiger partial charge in [0.05, 0.1) is 19.3 Å². The van der Waals surface area contributed by atoms with E-state index in [1.807, 2.05) is 0 Å². The molecular weight excluding hydrogens is 230 g/mol. The van der Waals surface area contributed by atoms with Crippen molar-refractivity contribution in [1.82, 2.24) is 9.80 Å². The molecule has 0 aromatic rings. The number of rotatable bonds is 4. The minimum absolute atomic E-state index is 0.0795. The number of ether oxygens (including phenoxy) is 1. The normalized spacial score (nSPS) is 32.0. The number of nitrogens with zero attached hydrogens (tertiary/aromatic N) is 2.